The number of hydrogen-bond acceptors (Lipinski definition) is 2. The van der Waals surface area contributed by atoms with Crippen LogP contribution in [-0.4, -0.2) is 19.8 Å². The van der Waals surface area contributed by atoms with Gasteiger partial charge in [0, 0.05) is 6.54 Å². The van der Waals surface area contributed by atoms with Crippen LogP contribution in [0, 0.1) is 0 Å². The topological polar surface area (TPSA) is 24.1 Å². The quantitative estimate of drug-likeness (QED) is 0.526. The molecule has 0 aromatic rings. The van der Waals surface area contributed by atoms with E-state index in [0.29, 0.717) is 6.54 Å². The van der Waals surface area contributed by atoms with E-state index < -0.39 is 11.7 Å². The van der Waals surface area contributed by atoms with E-state index in [2.05, 4.69) is 17.2 Å². The summed E-state index contributed by atoms with van der Waals surface area (Å²) in [5.41, 5.74) is 0.0914. The maximum atomic E-state index is 13.0. The molecule has 4 heteroatoms. The van der Waals surface area contributed by atoms with Crippen LogP contribution in [0.5, 0.6) is 0 Å². The van der Waals surface area contributed by atoms with Crippen LogP contribution >= 0.6 is 0 Å². The van der Waals surface area contributed by atoms with E-state index in [1.807, 2.05) is 14.0 Å². The summed E-state index contributed by atoms with van der Waals surface area (Å²) in [7, 11) is 1.81. The average Bonchev–Trinajstić information content (AvgIpc) is 2.22. The molecule has 1 atom stereocenters. The highest BCUT2D eigenvalue weighted by atomic mass is 19.2. The van der Waals surface area contributed by atoms with Crippen molar-refractivity contribution in [2.45, 2.75) is 20.0 Å². The van der Waals surface area contributed by atoms with Gasteiger partial charge in [-0.3, -0.25) is 5.32 Å². The van der Waals surface area contributed by atoms with E-state index in [-0.39, 0.29) is 11.7 Å². The monoisotopic (exact) mass is 216 g/mol. The molecule has 0 saturated heterocycles. The molecule has 0 aliphatic rings. The zero-order valence-electron chi connectivity index (χ0n) is 9.40. The third-order valence-electron chi connectivity index (χ3n) is 1.82. The first-order chi connectivity index (χ1) is 6.99. The number of allylic oxidation sites excluding steroid dienone is 4. The molecule has 0 heterocycles. The van der Waals surface area contributed by atoms with Crippen molar-refractivity contribution in [3.8, 4) is 0 Å². The first-order valence-corrected chi connectivity index (χ1v) is 4.77. The SMILES string of the molecule is C=C(C)/C(F)=C(F)\C=C/CNC(C)NC. The van der Waals surface area contributed by atoms with Crippen LogP contribution in [0.1, 0.15) is 13.8 Å². The third-order valence-corrected chi connectivity index (χ3v) is 1.82. The van der Waals surface area contributed by atoms with Crippen LogP contribution in [0.4, 0.5) is 8.78 Å². The Morgan fingerprint density at radius 3 is 2.53 bits per heavy atom. The summed E-state index contributed by atoms with van der Waals surface area (Å²) in [5.74, 6) is -1.78. The van der Waals surface area contributed by atoms with Gasteiger partial charge >= 0.3 is 0 Å². The summed E-state index contributed by atoms with van der Waals surface area (Å²) in [6.07, 6.45) is 2.75. The fourth-order valence-electron chi connectivity index (χ4n) is 0.786. The molecule has 2 nitrogen and oxygen atoms in total. The van der Waals surface area contributed by atoms with Gasteiger partial charge in [-0.05, 0) is 32.5 Å². The zero-order chi connectivity index (χ0) is 11.8. The van der Waals surface area contributed by atoms with Crippen molar-refractivity contribution in [2.75, 3.05) is 13.6 Å². The summed E-state index contributed by atoms with van der Waals surface area (Å²) >= 11 is 0. The molecule has 86 valence electrons. The summed E-state index contributed by atoms with van der Waals surface area (Å²) in [4.78, 5) is 0. The van der Waals surface area contributed by atoms with Crippen molar-refractivity contribution in [2.24, 2.45) is 0 Å². The summed E-state index contributed by atoms with van der Waals surface area (Å²) in [5, 5.41) is 5.98. The van der Waals surface area contributed by atoms with Gasteiger partial charge in [0.1, 0.15) is 0 Å². The summed E-state index contributed by atoms with van der Waals surface area (Å²) in [6, 6.07) is 0. The Labute approximate surface area is 89.8 Å². The van der Waals surface area contributed by atoms with E-state index in [1.54, 1.807) is 0 Å². The van der Waals surface area contributed by atoms with E-state index in [0.717, 1.165) is 6.08 Å². The fraction of sp³-hybridized carbons (Fsp3) is 0.455. The van der Waals surface area contributed by atoms with Gasteiger partial charge in [0.15, 0.2) is 11.7 Å². The molecular weight excluding hydrogens is 198 g/mol. The van der Waals surface area contributed by atoms with Crippen molar-refractivity contribution >= 4 is 0 Å². The Balaban J connectivity index is 4.07. The molecule has 0 aromatic heterocycles. The normalized spacial score (nSPS) is 15.3. The Bertz CT molecular complexity index is 270. The molecule has 0 fully saturated rings. The number of rotatable bonds is 6. The van der Waals surface area contributed by atoms with Crippen LogP contribution in [-0.2, 0) is 0 Å². The smallest absolute Gasteiger partial charge is 0.161 e. The second-order valence-corrected chi connectivity index (χ2v) is 3.26. The second kappa shape index (κ2) is 7.31. The molecule has 15 heavy (non-hydrogen) atoms. The Morgan fingerprint density at radius 2 is 2.07 bits per heavy atom. The molecule has 2 N–H and O–H groups in total. The minimum atomic E-state index is -0.895. The molecular formula is C11H18F2N2. The standard InChI is InChI=1S/C11H18F2N2/c1-8(2)11(13)10(12)6-5-7-15-9(3)14-4/h5-6,9,14-15H,1,7H2,2-4H3/b6-5-,11-10-. The fourth-order valence-corrected chi connectivity index (χ4v) is 0.786. The molecule has 0 rings (SSSR count). The van der Waals surface area contributed by atoms with Crippen molar-refractivity contribution < 1.29 is 8.78 Å². The van der Waals surface area contributed by atoms with E-state index in [4.69, 9.17) is 0 Å². The van der Waals surface area contributed by atoms with Crippen LogP contribution in [0.3, 0.4) is 0 Å². The van der Waals surface area contributed by atoms with Gasteiger partial charge in [0.2, 0.25) is 0 Å². The van der Waals surface area contributed by atoms with Crippen molar-refractivity contribution in [3.05, 3.63) is 36.0 Å². The highest BCUT2D eigenvalue weighted by molar-refractivity contribution is 5.28. The van der Waals surface area contributed by atoms with Gasteiger partial charge < -0.3 is 5.32 Å². The lowest BCUT2D eigenvalue weighted by atomic mass is 10.2. The molecule has 0 amide bonds. The van der Waals surface area contributed by atoms with Crippen LogP contribution < -0.4 is 10.6 Å². The van der Waals surface area contributed by atoms with Gasteiger partial charge in [-0.25, -0.2) is 8.78 Å². The van der Waals surface area contributed by atoms with E-state index in [9.17, 15) is 8.78 Å². The lowest BCUT2D eigenvalue weighted by Gasteiger charge is -2.09. The number of halogens is 2. The summed E-state index contributed by atoms with van der Waals surface area (Å²) in [6.45, 7) is 7.13. The lowest BCUT2D eigenvalue weighted by Crippen LogP contribution is -2.37. The predicted molar refractivity (Wildman–Crippen MR) is 59.7 cm³/mol. The lowest BCUT2D eigenvalue weighted by molar-refractivity contribution is 0.515. The average molecular weight is 216 g/mol. The third kappa shape index (κ3) is 6.14. The maximum absolute atomic E-state index is 13.0. The van der Waals surface area contributed by atoms with Crippen LogP contribution in [0.15, 0.2) is 36.0 Å². The Hall–Kier alpha value is -1.00. The predicted octanol–water partition coefficient (Wildman–Crippen LogP) is 2.42. The van der Waals surface area contributed by atoms with Crippen LogP contribution in [0.2, 0.25) is 0 Å². The zero-order valence-corrected chi connectivity index (χ0v) is 9.40. The van der Waals surface area contributed by atoms with Gasteiger partial charge in [-0.1, -0.05) is 12.7 Å². The molecule has 0 aliphatic carbocycles. The molecule has 0 spiro atoms. The first-order valence-electron chi connectivity index (χ1n) is 4.77. The highest BCUT2D eigenvalue weighted by Crippen LogP contribution is 2.16. The number of hydrogen-bond donors (Lipinski definition) is 2. The highest BCUT2D eigenvalue weighted by Gasteiger charge is 2.02. The van der Waals surface area contributed by atoms with Crippen molar-refractivity contribution in [1.82, 2.24) is 10.6 Å². The molecule has 1 unspecified atom stereocenters. The van der Waals surface area contributed by atoms with Crippen LogP contribution in [0.25, 0.3) is 0 Å². The Kier molecular flexibility index (Phi) is 6.83. The van der Waals surface area contributed by atoms with Crippen molar-refractivity contribution in [1.29, 1.82) is 0 Å². The van der Waals surface area contributed by atoms with Gasteiger partial charge in [0.25, 0.3) is 0 Å². The van der Waals surface area contributed by atoms with Gasteiger partial charge in [-0.15, -0.1) is 0 Å². The Morgan fingerprint density at radius 1 is 1.47 bits per heavy atom. The molecule has 0 aromatic carbocycles. The maximum Gasteiger partial charge on any atom is 0.161 e. The minimum Gasteiger partial charge on any atom is -0.305 e. The van der Waals surface area contributed by atoms with E-state index >= 15 is 0 Å². The molecule has 0 bridgehead atoms. The molecule has 0 saturated carbocycles. The van der Waals surface area contributed by atoms with E-state index in [1.165, 1.54) is 13.0 Å². The van der Waals surface area contributed by atoms with Gasteiger partial charge in [0.05, 0.1) is 6.17 Å². The minimum absolute atomic E-state index is 0.0914. The number of nitrogens with one attached hydrogen (secondary N) is 2. The second-order valence-electron chi connectivity index (χ2n) is 3.26. The molecule has 0 radical (unpaired) electrons. The first kappa shape index (κ1) is 14.0. The molecule has 0 aliphatic heterocycles. The summed E-state index contributed by atoms with van der Waals surface area (Å²) < 4.78 is 25.9. The largest absolute Gasteiger partial charge is 0.305 e. The van der Waals surface area contributed by atoms with Crippen molar-refractivity contribution in [3.63, 3.8) is 0 Å². The van der Waals surface area contributed by atoms with Gasteiger partial charge in [-0.2, -0.15) is 0 Å².